The first kappa shape index (κ1) is 16.8. The number of pyridine rings is 1. The van der Waals surface area contributed by atoms with Gasteiger partial charge in [-0.2, -0.15) is 0 Å². The lowest BCUT2D eigenvalue weighted by Crippen LogP contribution is -2.30. The van der Waals surface area contributed by atoms with E-state index in [4.69, 9.17) is 16.6 Å². The van der Waals surface area contributed by atoms with E-state index in [0.717, 1.165) is 16.6 Å². The van der Waals surface area contributed by atoms with Crippen LogP contribution in [0.3, 0.4) is 0 Å². The molecule has 4 heterocycles. The number of hydrogen-bond donors (Lipinski definition) is 1. The highest BCUT2D eigenvalue weighted by atomic mass is 32.1. The first-order valence-corrected chi connectivity index (χ1v) is 9.23. The fraction of sp³-hybridized carbons (Fsp3) is 0.300. The molecule has 134 valence electrons. The van der Waals surface area contributed by atoms with Crippen molar-refractivity contribution in [2.45, 2.75) is 38.5 Å². The van der Waals surface area contributed by atoms with E-state index >= 15 is 0 Å². The number of furan rings is 1. The number of rotatable bonds is 5. The molecule has 0 bridgehead atoms. The summed E-state index contributed by atoms with van der Waals surface area (Å²) in [7, 11) is 0. The Bertz CT molecular complexity index is 872. The van der Waals surface area contributed by atoms with Crippen molar-refractivity contribution in [2.24, 2.45) is 0 Å². The van der Waals surface area contributed by atoms with Crippen molar-refractivity contribution in [1.29, 1.82) is 0 Å². The predicted octanol–water partition coefficient (Wildman–Crippen LogP) is 4.23. The Morgan fingerprint density at radius 2 is 2.08 bits per heavy atom. The third-order valence-corrected chi connectivity index (χ3v) is 5.13. The standard InChI is InChI=1S/C20H22N4OS/c1-14(2)23-11-5-9-17(23)19-18(16-8-3-4-10-21-16)22-20(26)24(19)13-15-7-6-12-25-15/h3-12,14,18-19H,13H2,1-2H3,(H,22,26)/t18-,19-/m1/s1. The maximum atomic E-state index is 5.69. The topological polar surface area (TPSA) is 46.2 Å². The molecule has 4 rings (SSSR count). The molecule has 0 spiro atoms. The second-order valence-electron chi connectivity index (χ2n) is 6.77. The highest BCUT2D eigenvalue weighted by Crippen LogP contribution is 2.40. The van der Waals surface area contributed by atoms with Crippen molar-refractivity contribution in [3.8, 4) is 0 Å². The van der Waals surface area contributed by atoms with E-state index in [0.29, 0.717) is 12.6 Å². The molecule has 1 saturated heterocycles. The molecule has 0 radical (unpaired) electrons. The SMILES string of the molecule is CC(C)n1cccc1[C@@H]1[C@@H](c2ccccn2)NC(=S)N1Cc1ccco1. The van der Waals surface area contributed by atoms with Gasteiger partial charge >= 0.3 is 0 Å². The zero-order valence-corrected chi connectivity index (χ0v) is 15.7. The quantitative estimate of drug-likeness (QED) is 0.685. The minimum Gasteiger partial charge on any atom is -0.467 e. The molecule has 3 aromatic rings. The minimum atomic E-state index is -0.00828. The monoisotopic (exact) mass is 366 g/mol. The maximum Gasteiger partial charge on any atom is 0.170 e. The van der Waals surface area contributed by atoms with Crippen LogP contribution >= 0.6 is 12.2 Å². The zero-order valence-electron chi connectivity index (χ0n) is 14.9. The van der Waals surface area contributed by atoms with Gasteiger partial charge in [0.05, 0.1) is 30.6 Å². The van der Waals surface area contributed by atoms with Crippen LogP contribution in [-0.2, 0) is 6.54 Å². The normalized spacial score (nSPS) is 20.0. The van der Waals surface area contributed by atoms with E-state index in [1.54, 1.807) is 6.26 Å². The molecule has 0 aromatic carbocycles. The van der Waals surface area contributed by atoms with Gasteiger partial charge in [0.2, 0.25) is 0 Å². The summed E-state index contributed by atoms with van der Waals surface area (Å²) in [6, 6.07) is 14.5. The van der Waals surface area contributed by atoms with Gasteiger partial charge < -0.3 is 19.2 Å². The minimum absolute atomic E-state index is 0.00828. The van der Waals surface area contributed by atoms with Crippen LogP contribution in [-0.4, -0.2) is 19.6 Å². The van der Waals surface area contributed by atoms with Crippen LogP contribution in [0, 0.1) is 0 Å². The molecule has 0 unspecified atom stereocenters. The Kier molecular flexibility index (Phi) is 4.51. The van der Waals surface area contributed by atoms with Gasteiger partial charge in [0.1, 0.15) is 5.76 Å². The van der Waals surface area contributed by atoms with Gasteiger partial charge in [0.15, 0.2) is 5.11 Å². The Morgan fingerprint density at radius 3 is 2.77 bits per heavy atom. The highest BCUT2D eigenvalue weighted by Gasteiger charge is 2.41. The van der Waals surface area contributed by atoms with Crippen LogP contribution < -0.4 is 5.32 Å². The number of hydrogen-bond acceptors (Lipinski definition) is 3. The zero-order chi connectivity index (χ0) is 18.1. The molecule has 2 atom stereocenters. The summed E-state index contributed by atoms with van der Waals surface area (Å²) in [5.41, 5.74) is 2.20. The summed E-state index contributed by atoms with van der Waals surface area (Å²) < 4.78 is 7.87. The van der Waals surface area contributed by atoms with Gasteiger partial charge in [-0.25, -0.2) is 0 Å². The van der Waals surface area contributed by atoms with E-state index in [9.17, 15) is 0 Å². The Morgan fingerprint density at radius 1 is 1.19 bits per heavy atom. The summed E-state index contributed by atoms with van der Waals surface area (Å²) in [6.45, 7) is 5.00. The average Bonchev–Trinajstić information content (AvgIpc) is 3.37. The summed E-state index contributed by atoms with van der Waals surface area (Å²) >= 11 is 5.69. The van der Waals surface area contributed by atoms with Gasteiger partial charge in [0, 0.05) is 24.1 Å². The second kappa shape index (κ2) is 6.96. The van der Waals surface area contributed by atoms with Gasteiger partial charge in [-0.15, -0.1) is 0 Å². The molecular formula is C20H22N4OS. The first-order valence-electron chi connectivity index (χ1n) is 8.82. The van der Waals surface area contributed by atoms with Crippen LogP contribution in [0.25, 0.3) is 0 Å². The third-order valence-electron chi connectivity index (χ3n) is 4.78. The molecule has 1 aliphatic heterocycles. The Balaban J connectivity index is 1.77. The maximum absolute atomic E-state index is 5.69. The molecule has 0 saturated carbocycles. The Hall–Kier alpha value is -2.60. The van der Waals surface area contributed by atoms with Crippen molar-refractivity contribution in [1.82, 2.24) is 19.8 Å². The van der Waals surface area contributed by atoms with Gasteiger partial charge in [-0.05, 0) is 62.5 Å². The molecule has 1 fully saturated rings. The molecule has 26 heavy (non-hydrogen) atoms. The number of nitrogens with zero attached hydrogens (tertiary/aromatic N) is 3. The smallest absolute Gasteiger partial charge is 0.170 e. The lowest BCUT2D eigenvalue weighted by atomic mass is 10.0. The van der Waals surface area contributed by atoms with E-state index in [2.05, 4.69) is 51.9 Å². The van der Waals surface area contributed by atoms with Crippen molar-refractivity contribution >= 4 is 17.3 Å². The molecule has 5 nitrogen and oxygen atoms in total. The van der Waals surface area contributed by atoms with Crippen LogP contribution in [0.1, 0.15) is 49.1 Å². The molecule has 1 aliphatic rings. The third kappa shape index (κ3) is 3.01. The number of thiocarbonyl (C=S) groups is 1. The molecule has 0 amide bonds. The van der Waals surface area contributed by atoms with Gasteiger partial charge in [-0.1, -0.05) is 6.07 Å². The van der Waals surface area contributed by atoms with E-state index < -0.39 is 0 Å². The first-order chi connectivity index (χ1) is 12.6. The average molecular weight is 366 g/mol. The van der Waals surface area contributed by atoms with E-state index in [-0.39, 0.29) is 12.1 Å². The summed E-state index contributed by atoms with van der Waals surface area (Å²) in [5.74, 6) is 0.892. The van der Waals surface area contributed by atoms with Crippen molar-refractivity contribution in [3.63, 3.8) is 0 Å². The van der Waals surface area contributed by atoms with Gasteiger partial charge in [-0.3, -0.25) is 4.98 Å². The van der Waals surface area contributed by atoms with Crippen molar-refractivity contribution < 1.29 is 4.42 Å². The summed E-state index contributed by atoms with van der Waals surface area (Å²) in [5, 5.41) is 4.20. The van der Waals surface area contributed by atoms with Crippen LogP contribution in [0.15, 0.2) is 65.5 Å². The molecule has 6 heteroatoms. The lowest BCUT2D eigenvalue weighted by Gasteiger charge is -2.29. The second-order valence-corrected chi connectivity index (χ2v) is 7.15. The lowest BCUT2D eigenvalue weighted by molar-refractivity contribution is 0.273. The van der Waals surface area contributed by atoms with Crippen LogP contribution in [0.4, 0.5) is 0 Å². The highest BCUT2D eigenvalue weighted by molar-refractivity contribution is 7.80. The van der Waals surface area contributed by atoms with E-state index in [1.807, 2.05) is 36.5 Å². The number of aromatic nitrogens is 2. The van der Waals surface area contributed by atoms with Gasteiger partial charge in [0.25, 0.3) is 0 Å². The Labute approximate surface area is 158 Å². The fourth-order valence-electron chi connectivity index (χ4n) is 3.60. The predicted molar refractivity (Wildman–Crippen MR) is 105 cm³/mol. The largest absolute Gasteiger partial charge is 0.467 e. The van der Waals surface area contributed by atoms with Crippen LogP contribution in [0.2, 0.25) is 0 Å². The van der Waals surface area contributed by atoms with Crippen molar-refractivity contribution in [2.75, 3.05) is 0 Å². The molecule has 3 aromatic heterocycles. The van der Waals surface area contributed by atoms with Crippen molar-refractivity contribution in [3.05, 3.63) is 78.3 Å². The number of nitrogens with one attached hydrogen (secondary N) is 1. The fourth-order valence-corrected chi connectivity index (χ4v) is 3.90. The van der Waals surface area contributed by atoms with E-state index in [1.165, 1.54) is 5.69 Å². The summed E-state index contributed by atoms with van der Waals surface area (Å²) in [4.78, 5) is 6.78. The molecule has 0 aliphatic carbocycles. The summed E-state index contributed by atoms with van der Waals surface area (Å²) in [6.07, 6.45) is 5.65. The molecular weight excluding hydrogens is 344 g/mol. The molecule has 1 N–H and O–H groups in total. The van der Waals surface area contributed by atoms with Crippen LogP contribution in [0.5, 0.6) is 0 Å².